The molecule has 1 fully saturated rings. The third kappa shape index (κ3) is 2.61. The van der Waals surface area contributed by atoms with Crippen LogP contribution < -0.4 is 4.90 Å². The van der Waals surface area contributed by atoms with E-state index in [0.717, 1.165) is 54.5 Å². The first-order valence-corrected chi connectivity index (χ1v) is 7.14. The summed E-state index contributed by atoms with van der Waals surface area (Å²) in [6, 6.07) is 3.97. The molecule has 1 aliphatic heterocycles. The van der Waals surface area contributed by atoms with E-state index in [4.69, 9.17) is 21.1 Å². The van der Waals surface area contributed by atoms with Gasteiger partial charge in [0.25, 0.3) is 0 Å². The summed E-state index contributed by atoms with van der Waals surface area (Å²) in [7, 11) is 1.70. The molecule has 1 aromatic carbocycles. The van der Waals surface area contributed by atoms with Crippen LogP contribution in [0.3, 0.4) is 0 Å². The second-order valence-corrected chi connectivity index (χ2v) is 5.26. The molecule has 1 saturated heterocycles. The molecule has 0 N–H and O–H groups in total. The highest BCUT2D eigenvalue weighted by molar-refractivity contribution is 6.31. The van der Waals surface area contributed by atoms with Gasteiger partial charge in [0.15, 0.2) is 0 Å². The highest BCUT2D eigenvalue weighted by Gasteiger charge is 2.17. The number of anilines is 1. The predicted molar refractivity (Wildman–Crippen MR) is 79.7 cm³/mol. The van der Waals surface area contributed by atoms with Crippen molar-refractivity contribution in [2.24, 2.45) is 0 Å². The summed E-state index contributed by atoms with van der Waals surface area (Å²) >= 11 is 6.24. The van der Waals surface area contributed by atoms with Crippen molar-refractivity contribution in [1.29, 1.82) is 0 Å². The smallest absolute Gasteiger partial charge is 0.0917 e. The molecule has 2 heterocycles. The van der Waals surface area contributed by atoms with E-state index < -0.39 is 0 Å². The van der Waals surface area contributed by atoms with Crippen LogP contribution in [-0.4, -0.2) is 49.8 Å². The lowest BCUT2D eigenvalue weighted by atomic mass is 10.2. The normalized spacial score (nSPS) is 16.0. The third-order valence-electron chi connectivity index (χ3n) is 3.54. The number of hydrogen-bond donors (Lipinski definition) is 0. The third-order valence-corrected chi connectivity index (χ3v) is 3.76. The van der Waals surface area contributed by atoms with Crippen LogP contribution in [0, 0.1) is 0 Å². The van der Waals surface area contributed by atoms with Crippen LogP contribution in [0.4, 0.5) is 5.69 Å². The molecule has 0 bridgehead atoms. The molecule has 0 aliphatic carbocycles. The largest absolute Gasteiger partial charge is 0.383 e. The van der Waals surface area contributed by atoms with Crippen LogP contribution in [0.5, 0.6) is 0 Å². The van der Waals surface area contributed by atoms with Crippen LogP contribution in [0.25, 0.3) is 10.9 Å². The average Bonchev–Trinajstić information content (AvgIpc) is 2.88. The SMILES string of the molecule is COCCn1ncc2cc(Cl)cc(N3CCOCC3)c21. The van der Waals surface area contributed by atoms with Gasteiger partial charge in [-0.2, -0.15) is 5.10 Å². The topological polar surface area (TPSA) is 39.5 Å². The fourth-order valence-corrected chi connectivity index (χ4v) is 2.79. The van der Waals surface area contributed by atoms with E-state index in [2.05, 4.69) is 10.00 Å². The molecule has 1 aliphatic rings. The quantitative estimate of drug-likeness (QED) is 0.867. The Bertz CT molecular complexity index is 593. The summed E-state index contributed by atoms with van der Waals surface area (Å²) in [6.07, 6.45) is 1.86. The van der Waals surface area contributed by atoms with Gasteiger partial charge in [-0.1, -0.05) is 11.6 Å². The Morgan fingerprint density at radius 3 is 2.90 bits per heavy atom. The fraction of sp³-hybridized carbons (Fsp3) is 0.500. The number of ether oxygens (including phenoxy) is 2. The molecule has 0 unspecified atom stereocenters. The van der Waals surface area contributed by atoms with Gasteiger partial charge in [0, 0.05) is 30.6 Å². The van der Waals surface area contributed by atoms with Crippen molar-refractivity contribution >= 4 is 28.2 Å². The van der Waals surface area contributed by atoms with Gasteiger partial charge in [0.1, 0.15) is 0 Å². The summed E-state index contributed by atoms with van der Waals surface area (Å²) in [5.41, 5.74) is 2.25. The number of fused-ring (bicyclic) bond motifs is 1. The van der Waals surface area contributed by atoms with Crippen molar-refractivity contribution in [2.75, 3.05) is 44.9 Å². The zero-order valence-electron chi connectivity index (χ0n) is 11.5. The van der Waals surface area contributed by atoms with Gasteiger partial charge in [-0.15, -0.1) is 0 Å². The van der Waals surface area contributed by atoms with E-state index in [1.807, 2.05) is 23.0 Å². The van der Waals surface area contributed by atoms with Gasteiger partial charge in [-0.3, -0.25) is 4.68 Å². The van der Waals surface area contributed by atoms with Crippen molar-refractivity contribution in [3.8, 4) is 0 Å². The molecular weight excluding hydrogens is 278 g/mol. The minimum atomic E-state index is 0.641. The molecule has 5 nitrogen and oxygen atoms in total. The lowest BCUT2D eigenvalue weighted by molar-refractivity contribution is 0.123. The fourth-order valence-electron chi connectivity index (χ4n) is 2.57. The number of methoxy groups -OCH3 is 1. The predicted octanol–water partition coefficient (Wildman–Crippen LogP) is 2.17. The minimum Gasteiger partial charge on any atom is -0.383 e. The zero-order valence-corrected chi connectivity index (χ0v) is 12.3. The molecule has 108 valence electrons. The van der Waals surface area contributed by atoms with Gasteiger partial charge >= 0.3 is 0 Å². The monoisotopic (exact) mass is 295 g/mol. The Morgan fingerprint density at radius 1 is 1.35 bits per heavy atom. The Morgan fingerprint density at radius 2 is 2.15 bits per heavy atom. The van der Waals surface area contributed by atoms with Crippen molar-refractivity contribution in [3.63, 3.8) is 0 Å². The second-order valence-electron chi connectivity index (χ2n) is 4.82. The van der Waals surface area contributed by atoms with E-state index in [0.29, 0.717) is 6.61 Å². The zero-order chi connectivity index (χ0) is 13.9. The highest BCUT2D eigenvalue weighted by atomic mass is 35.5. The number of hydrogen-bond acceptors (Lipinski definition) is 4. The summed E-state index contributed by atoms with van der Waals surface area (Å²) < 4.78 is 12.6. The molecule has 0 amide bonds. The van der Waals surface area contributed by atoms with Crippen LogP contribution in [-0.2, 0) is 16.0 Å². The van der Waals surface area contributed by atoms with Crippen LogP contribution in [0.1, 0.15) is 0 Å². The number of aromatic nitrogens is 2. The Labute approximate surface area is 123 Å². The second kappa shape index (κ2) is 5.99. The maximum absolute atomic E-state index is 6.24. The van der Waals surface area contributed by atoms with Crippen LogP contribution >= 0.6 is 11.6 Å². The molecule has 1 aromatic heterocycles. The van der Waals surface area contributed by atoms with Crippen molar-refractivity contribution in [3.05, 3.63) is 23.4 Å². The van der Waals surface area contributed by atoms with Crippen molar-refractivity contribution < 1.29 is 9.47 Å². The Hall–Kier alpha value is -1.30. The molecule has 2 aromatic rings. The van der Waals surface area contributed by atoms with Gasteiger partial charge in [0.2, 0.25) is 0 Å². The van der Waals surface area contributed by atoms with E-state index in [9.17, 15) is 0 Å². The van der Waals surface area contributed by atoms with Crippen LogP contribution in [0.2, 0.25) is 5.02 Å². The number of halogens is 1. The summed E-state index contributed by atoms with van der Waals surface area (Å²) in [5, 5.41) is 6.26. The van der Waals surface area contributed by atoms with Crippen molar-refractivity contribution in [1.82, 2.24) is 9.78 Å². The van der Waals surface area contributed by atoms with Gasteiger partial charge in [-0.25, -0.2) is 0 Å². The van der Waals surface area contributed by atoms with E-state index >= 15 is 0 Å². The molecule has 0 saturated carbocycles. The first kappa shape index (κ1) is 13.7. The van der Waals surface area contributed by atoms with Gasteiger partial charge < -0.3 is 14.4 Å². The molecule has 0 spiro atoms. The standard InChI is InChI=1S/C14H18ClN3O2/c1-19-5-4-18-14-11(10-16-18)8-12(15)9-13(14)17-2-6-20-7-3-17/h8-10H,2-7H2,1H3. The summed E-state index contributed by atoms with van der Waals surface area (Å²) in [6.45, 7) is 4.64. The number of rotatable bonds is 4. The molecule has 0 atom stereocenters. The highest BCUT2D eigenvalue weighted by Crippen LogP contribution is 2.31. The van der Waals surface area contributed by atoms with E-state index in [1.165, 1.54) is 0 Å². The number of benzene rings is 1. The summed E-state index contributed by atoms with van der Waals surface area (Å²) in [5.74, 6) is 0. The number of morpholine rings is 1. The molecule has 20 heavy (non-hydrogen) atoms. The molecular formula is C14H18ClN3O2. The van der Waals surface area contributed by atoms with Gasteiger partial charge in [-0.05, 0) is 12.1 Å². The van der Waals surface area contributed by atoms with Crippen molar-refractivity contribution in [2.45, 2.75) is 6.54 Å². The molecule has 0 radical (unpaired) electrons. The number of nitrogens with zero attached hydrogens (tertiary/aromatic N) is 3. The Kier molecular flexibility index (Phi) is 4.10. The average molecular weight is 296 g/mol. The first-order valence-electron chi connectivity index (χ1n) is 6.76. The lowest BCUT2D eigenvalue weighted by Gasteiger charge is -2.29. The van der Waals surface area contributed by atoms with Crippen LogP contribution in [0.15, 0.2) is 18.3 Å². The first-order chi connectivity index (χ1) is 9.79. The maximum atomic E-state index is 6.24. The lowest BCUT2D eigenvalue weighted by Crippen LogP contribution is -2.36. The molecule has 3 rings (SSSR count). The van der Waals surface area contributed by atoms with E-state index in [-0.39, 0.29) is 0 Å². The Balaban J connectivity index is 2.05. The maximum Gasteiger partial charge on any atom is 0.0917 e. The summed E-state index contributed by atoms with van der Waals surface area (Å²) in [4.78, 5) is 2.31. The molecule has 6 heteroatoms. The van der Waals surface area contributed by atoms with E-state index in [1.54, 1.807) is 7.11 Å². The minimum absolute atomic E-state index is 0.641. The van der Waals surface area contributed by atoms with Gasteiger partial charge in [0.05, 0.1) is 43.8 Å².